The molecule has 212 valence electrons. The van der Waals surface area contributed by atoms with E-state index in [1.165, 1.54) is 31.2 Å². The van der Waals surface area contributed by atoms with Crippen molar-refractivity contribution >= 4 is 15.5 Å². The first-order valence-electron chi connectivity index (χ1n) is 11.8. The lowest BCUT2D eigenvalue weighted by Crippen LogP contribution is -2.22. The van der Waals surface area contributed by atoms with Crippen molar-refractivity contribution in [3.8, 4) is 16.8 Å². The van der Waals surface area contributed by atoms with E-state index in [1.54, 1.807) is 18.2 Å². The summed E-state index contributed by atoms with van der Waals surface area (Å²) in [5, 5.41) is 6.80. The van der Waals surface area contributed by atoms with E-state index in [4.69, 9.17) is 0 Å². The number of rotatable bonds is 5. The van der Waals surface area contributed by atoms with Crippen molar-refractivity contribution < 1.29 is 34.8 Å². The Bertz CT molecular complexity index is 1940. The summed E-state index contributed by atoms with van der Waals surface area (Å²) in [6.45, 7) is 1.21. The molecule has 7 nitrogen and oxygen atoms in total. The van der Waals surface area contributed by atoms with Crippen LogP contribution in [0.5, 0.6) is 0 Å². The van der Waals surface area contributed by atoms with E-state index >= 15 is 0 Å². The maximum Gasteiger partial charge on any atom is 0.416 e. The molecule has 0 bridgehead atoms. The Labute approximate surface area is 228 Å². The lowest BCUT2D eigenvalue weighted by atomic mass is 9.99. The second kappa shape index (κ2) is 9.87. The van der Waals surface area contributed by atoms with Gasteiger partial charge in [-0.05, 0) is 53.4 Å². The SMILES string of the molecule is Cc1c(-n2ccn3c(S(=O)(=O)Cc4ccccc4-c4ccc(C(F)(F)F)cc4)nnc3c2=O)cccc1C(F)(F)F. The highest BCUT2D eigenvalue weighted by Gasteiger charge is 2.34. The van der Waals surface area contributed by atoms with Crippen LogP contribution in [-0.4, -0.2) is 27.6 Å². The average Bonchev–Trinajstić information content (AvgIpc) is 3.35. The molecular weight excluding hydrogens is 574 g/mol. The fraction of sp³-hybridized carbons (Fsp3) is 0.148. The predicted octanol–water partition coefficient (Wildman–Crippen LogP) is 5.87. The van der Waals surface area contributed by atoms with E-state index < -0.39 is 55.4 Å². The summed E-state index contributed by atoms with van der Waals surface area (Å²) >= 11 is 0. The fourth-order valence-electron chi connectivity index (χ4n) is 4.50. The van der Waals surface area contributed by atoms with Crippen LogP contribution in [0.25, 0.3) is 22.5 Å². The molecule has 0 atom stereocenters. The second-order valence-electron chi connectivity index (χ2n) is 9.09. The first-order valence-corrected chi connectivity index (χ1v) is 13.5. The molecule has 0 unspecified atom stereocenters. The zero-order valence-electron chi connectivity index (χ0n) is 20.9. The summed E-state index contributed by atoms with van der Waals surface area (Å²) < 4.78 is 108. The molecule has 2 aromatic heterocycles. The minimum atomic E-state index is -4.65. The summed E-state index contributed by atoms with van der Waals surface area (Å²) in [6, 6.07) is 13.8. The van der Waals surface area contributed by atoms with Crippen LogP contribution in [0.1, 0.15) is 22.3 Å². The Balaban J connectivity index is 1.53. The molecule has 41 heavy (non-hydrogen) atoms. The first kappa shape index (κ1) is 28.1. The van der Waals surface area contributed by atoms with Gasteiger partial charge >= 0.3 is 17.9 Å². The maximum atomic E-state index is 13.4. The van der Waals surface area contributed by atoms with E-state index in [0.29, 0.717) is 11.1 Å². The van der Waals surface area contributed by atoms with E-state index in [2.05, 4.69) is 10.2 Å². The van der Waals surface area contributed by atoms with Gasteiger partial charge in [-0.1, -0.05) is 42.5 Å². The molecule has 0 radical (unpaired) electrons. The van der Waals surface area contributed by atoms with E-state index in [9.17, 15) is 39.6 Å². The molecule has 0 amide bonds. The Morgan fingerprint density at radius 2 is 1.49 bits per heavy atom. The molecule has 0 aliphatic heterocycles. The van der Waals surface area contributed by atoms with Crippen molar-refractivity contribution in [1.82, 2.24) is 19.2 Å². The summed E-state index contributed by atoms with van der Waals surface area (Å²) in [5.41, 5.74) is -2.39. The van der Waals surface area contributed by atoms with Crippen LogP contribution in [0, 0.1) is 6.92 Å². The van der Waals surface area contributed by atoms with Gasteiger partial charge < -0.3 is 0 Å². The zero-order valence-corrected chi connectivity index (χ0v) is 21.7. The monoisotopic (exact) mass is 592 g/mol. The average molecular weight is 593 g/mol. The van der Waals surface area contributed by atoms with Gasteiger partial charge in [0.1, 0.15) is 0 Å². The predicted molar refractivity (Wildman–Crippen MR) is 136 cm³/mol. The second-order valence-corrected chi connectivity index (χ2v) is 11.0. The number of benzene rings is 3. The molecule has 14 heteroatoms. The maximum absolute atomic E-state index is 13.4. The smallest absolute Gasteiger partial charge is 0.279 e. The summed E-state index contributed by atoms with van der Waals surface area (Å²) in [5.74, 6) is -0.624. The van der Waals surface area contributed by atoms with Crippen LogP contribution < -0.4 is 5.56 Å². The Kier molecular flexibility index (Phi) is 6.76. The number of fused-ring (bicyclic) bond motifs is 1. The van der Waals surface area contributed by atoms with Crippen LogP contribution in [0.15, 0.2) is 89.1 Å². The largest absolute Gasteiger partial charge is 0.416 e. The quantitative estimate of drug-likeness (QED) is 0.239. The molecule has 0 saturated heterocycles. The van der Waals surface area contributed by atoms with E-state index in [-0.39, 0.29) is 16.8 Å². The van der Waals surface area contributed by atoms with Gasteiger partial charge in [-0.2, -0.15) is 26.3 Å². The molecular formula is C27H18F6N4O3S. The summed E-state index contributed by atoms with van der Waals surface area (Å²) in [6.07, 6.45) is -6.91. The van der Waals surface area contributed by atoms with Gasteiger partial charge in [0.25, 0.3) is 5.16 Å². The van der Waals surface area contributed by atoms with Gasteiger partial charge in [0.05, 0.1) is 22.6 Å². The highest BCUT2D eigenvalue weighted by Crippen LogP contribution is 2.34. The topological polar surface area (TPSA) is 86.3 Å². The third-order valence-corrected chi connectivity index (χ3v) is 8.00. The summed E-state index contributed by atoms with van der Waals surface area (Å²) in [7, 11) is -4.27. The van der Waals surface area contributed by atoms with Crippen LogP contribution in [-0.2, 0) is 27.9 Å². The molecule has 3 aromatic carbocycles. The molecule has 0 saturated carbocycles. The number of halogens is 6. The number of alkyl halides is 6. The number of aromatic nitrogens is 4. The highest BCUT2D eigenvalue weighted by atomic mass is 32.2. The number of hydrogen-bond acceptors (Lipinski definition) is 5. The van der Waals surface area contributed by atoms with Gasteiger partial charge in [0.2, 0.25) is 15.5 Å². The molecule has 0 aliphatic carbocycles. The zero-order chi connectivity index (χ0) is 29.7. The number of nitrogens with zero attached hydrogens (tertiary/aromatic N) is 4. The van der Waals surface area contributed by atoms with Crippen molar-refractivity contribution in [1.29, 1.82) is 0 Å². The van der Waals surface area contributed by atoms with E-state index in [0.717, 1.165) is 45.6 Å². The Morgan fingerprint density at radius 1 is 0.805 bits per heavy atom. The molecule has 0 fully saturated rings. The van der Waals surface area contributed by atoms with Gasteiger partial charge in [-0.3, -0.25) is 13.8 Å². The Hall–Kier alpha value is -4.46. The standard InChI is InChI=1S/C27H18F6N4O3S/c1-16-21(27(31,32)33)7-4-8-22(16)36-13-14-37-23(24(36)38)34-35-25(37)41(39,40)15-18-5-2-3-6-20(18)17-9-11-19(12-10-17)26(28,29)30/h2-14H,15H2,1H3. The molecule has 0 N–H and O–H groups in total. The van der Waals surface area contributed by atoms with Gasteiger partial charge in [0, 0.05) is 12.4 Å². The molecule has 5 rings (SSSR count). The third-order valence-electron chi connectivity index (χ3n) is 6.47. The molecule has 0 aliphatic rings. The van der Waals surface area contributed by atoms with Crippen LogP contribution in [0.3, 0.4) is 0 Å². The van der Waals surface area contributed by atoms with E-state index in [1.807, 2.05) is 0 Å². The highest BCUT2D eigenvalue weighted by molar-refractivity contribution is 7.90. The molecule has 0 spiro atoms. The van der Waals surface area contributed by atoms with Crippen LogP contribution in [0.4, 0.5) is 26.3 Å². The van der Waals surface area contributed by atoms with Gasteiger partial charge in [-0.15, -0.1) is 10.2 Å². The third kappa shape index (κ3) is 5.22. The minimum absolute atomic E-state index is 0.0646. The number of hydrogen-bond donors (Lipinski definition) is 0. The van der Waals surface area contributed by atoms with Crippen LogP contribution in [0.2, 0.25) is 0 Å². The normalized spacial score (nSPS) is 12.7. The van der Waals surface area contributed by atoms with Crippen LogP contribution >= 0.6 is 0 Å². The van der Waals surface area contributed by atoms with Crippen molar-refractivity contribution in [2.24, 2.45) is 0 Å². The Morgan fingerprint density at radius 3 is 2.15 bits per heavy atom. The van der Waals surface area contributed by atoms with Crippen molar-refractivity contribution in [2.75, 3.05) is 0 Å². The molecule has 5 aromatic rings. The van der Waals surface area contributed by atoms with Crippen molar-refractivity contribution in [3.63, 3.8) is 0 Å². The number of sulfone groups is 1. The fourth-order valence-corrected chi connectivity index (χ4v) is 5.90. The molecule has 2 heterocycles. The lowest BCUT2D eigenvalue weighted by Gasteiger charge is -2.15. The van der Waals surface area contributed by atoms with Crippen molar-refractivity contribution in [3.05, 3.63) is 112 Å². The lowest BCUT2D eigenvalue weighted by molar-refractivity contribution is -0.138. The minimum Gasteiger partial charge on any atom is -0.279 e. The van der Waals surface area contributed by atoms with Crippen molar-refractivity contribution in [2.45, 2.75) is 30.2 Å². The summed E-state index contributed by atoms with van der Waals surface area (Å²) in [4.78, 5) is 13.2. The van der Waals surface area contributed by atoms with Gasteiger partial charge in [-0.25, -0.2) is 8.42 Å². The van der Waals surface area contributed by atoms with Gasteiger partial charge in [0.15, 0.2) is 0 Å². The first-order chi connectivity index (χ1) is 19.2.